The minimum atomic E-state index is -0.471. The standard InChI is InChI=1S/C19H17FN6OS2/c1-11-8-12(2)26-17(21-11)23-18(24-26)28-9-14-10-29-19(22-14)25(13(3)27)16-7-5-4-6-15(16)20/h4-8,10H,9H2,1-3H3. The quantitative estimate of drug-likeness (QED) is 0.441. The van der Waals surface area contributed by atoms with Gasteiger partial charge in [0.2, 0.25) is 11.1 Å². The molecule has 0 unspecified atom stereocenters. The first-order valence-electron chi connectivity index (χ1n) is 8.76. The van der Waals surface area contributed by atoms with Crippen molar-refractivity contribution in [3.63, 3.8) is 0 Å². The highest BCUT2D eigenvalue weighted by molar-refractivity contribution is 7.98. The fraction of sp³-hybridized carbons (Fsp3) is 0.211. The number of carbonyl (C=O) groups is 1. The molecule has 7 nitrogen and oxygen atoms in total. The maximum Gasteiger partial charge on any atom is 0.253 e. The highest BCUT2D eigenvalue weighted by Gasteiger charge is 2.21. The predicted octanol–water partition coefficient (Wildman–Crippen LogP) is 4.31. The number of anilines is 2. The molecule has 3 aromatic heterocycles. The molecule has 0 aliphatic carbocycles. The summed E-state index contributed by atoms with van der Waals surface area (Å²) in [4.78, 5) is 26.8. The number of aryl methyl sites for hydroxylation is 2. The number of benzene rings is 1. The van der Waals surface area contributed by atoms with Crippen LogP contribution in [0.15, 0.2) is 40.9 Å². The number of para-hydroxylation sites is 1. The van der Waals surface area contributed by atoms with Gasteiger partial charge in [0.25, 0.3) is 5.78 Å². The van der Waals surface area contributed by atoms with Crippen LogP contribution in [-0.2, 0) is 10.5 Å². The Hall–Kier alpha value is -2.85. The van der Waals surface area contributed by atoms with E-state index in [9.17, 15) is 9.18 Å². The first kappa shape index (κ1) is 19.5. The zero-order valence-corrected chi connectivity index (χ0v) is 17.6. The minimum absolute atomic E-state index is 0.187. The fourth-order valence-corrected chi connectivity index (χ4v) is 4.55. The van der Waals surface area contributed by atoms with Crippen LogP contribution in [-0.4, -0.2) is 30.5 Å². The molecule has 148 valence electrons. The molecule has 1 aromatic carbocycles. The molecule has 0 radical (unpaired) electrons. The van der Waals surface area contributed by atoms with Crippen LogP contribution in [0.1, 0.15) is 24.0 Å². The van der Waals surface area contributed by atoms with Gasteiger partial charge in [-0.1, -0.05) is 23.9 Å². The van der Waals surface area contributed by atoms with E-state index in [-0.39, 0.29) is 11.6 Å². The summed E-state index contributed by atoms with van der Waals surface area (Å²) in [6.07, 6.45) is 0. The summed E-state index contributed by atoms with van der Waals surface area (Å²) in [7, 11) is 0. The number of hydrogen-bond donors (Lipinski definition) is 0. The normalized spacial score (nSPS) is 11.2. The molecule has 10 heteroatoms. The molecule has 0 atom stereocenters. The number of halogens is 1. The van der Waals surface area contributed by atoms with E-state index in [1.54, 1.807) is 22.7 Å². The summed E-state index contributed by atoms with van der Waals surface area (Å²) in [5.41, 5.74) is 2.80. The number of fused-ring (bicyclic) bond motifs is 1. The van der Waals surface area contributed by atoms with Gasteiger partial charge in [-0.25, -0.2) is 18.9 Å². The zero-order valence-electron chi connectivity index (χ0n) is 16.0. The third-order valence-corrected chi connectivity index (χ3v) is 5.83. The van der Waals surface area contributed by atoms with Crippen molar-refractivity contribution in [2.75, 3.05) is 4.90 Å². The van der Waals surface area contributed by atoms with Crippen molar-refractivity contribution in [1.29, 1.82) is 0 Å². The van der Waals surface area contributed by atoms with Gasteiger partial charge in [0.1, 0.15) is 5.82 Å². The lowest BCUT2D eigenvalue weighted by Crippen LogP contribution is -2.23. The smallest absolute Gasteiger partial charge is 0.253 e. The van der Waals surface area contributed by atoms with Gasteiger partial charge in [0.15, 0.2) is 5.13 Å². The summed E-state index contributed by atoms with van der Waals surface area (Å²) in [5, 5.41) is 7.34. The maximum absolute atomic E-state index is 14.2. The molecule has 0 N–H and O–H groups in total. The second-order valence-electron chi connectivity index (χ2n) is 6.36. The first-order valence-corrected chi connectivity index (χ1v) is 10.6. The number of thiazole rings is 1. The Kier molecular flexibility index (Phi) is 5.29. The second kappa shape index (κ2) is 7.88. The SMILES string of the molecule is CC(=O)N(c1nc(CSc2nc3nc(C)cc(C)n3n2)cs1)c1ccccc1F. The van der Waals surface area contributed by atoms with Gasteiger partial charge >= 0.3 is 0 Å². The van der Waals surface area contributed by atoms with E-state index in [1.807, 2.05) is 25.3 Å². The van der Waals surface area contributed by atoms with Crippen molar-refractivity contribution < 1.29 is 9.18 Å². The number of thioether (sulfide) groups is 1. The lowest BCUT2D eigenvalue weighted by atomic mass is 10.3. The van der Waals surface area contributed by atoms with Gasteiger partial charge in [-0.05, 0) is 32.0 Å². The molecule has 3 heterocycles. The average Bonchev–Trinajstić information content (AvgIpc) is 3.28. The molecule has 0 spiro atoms. The molecular formula is C19H17FN6OS2. The van der Waals surface area contributed by atoms with Gasteiger partial charge in [-0.2, -0.15) is 4.98 Å². The first-order chi connectivity index (χ1) is 13.9. The van der Waals surface area contributed by atoms with E-state index in [0.29, 0.717) is 21.8 Å². The van der Waals surface area contributed by atoms with Gasteiger partial charge in [0.05, 0.1) is 11.4 Å². The Balaban J connectivity index is 1.54. The van der Waals surface area contributed by atoms with E-state index >= 15 is 0 Å². The molecule has 1 amide bonds. The average molecular weight is 429 g/mol. The van der Waals surface area contributed by atoms with E-state index in [1.165, 1.54) is 41.0 Å². The van der Waals surface area contributed by atoms with E-state index in [2.05, 4.69) is 20.1 Å². The van der Waals surface area contributed by atoms with Gasteiger partial charge in [-0.15, -0.1) is 16.4 Å². The third kappa shape index (κ3) is 3.99. The van der Waals surface area contributed by atoms with Crippen molar-refractivity contribution in [2.45, 2.75) is 31.7 Å². The highest BCUT2D eigenvalue weighted by Crippen LogP contribution is 2.32. The van der Waals surface area contributed by atoms with E-state index < -0.39 is 5.82 Å². The molecule has 0 aliphatic heterocycles. The van der Waals surface area contributed by atoms with Crippen molar-refractivity contribution in [3.8, 4) is 0 Å². The van der Waals surface area contributed by atoms with Gasteiger partial charge < -0.3 is 0 Å². The number of hydrogen-bond acceptors (Lipinski definition) is 7. The molecule has 0 bridgehead atoms. The Morgan fingerprint density at radius 2 is 2.03 bits per heavy atom. The summed E-state index contributed by atoms with van der Waals surface area (Å²) in [5.74, 6) is 0.309. The van der Waals surface area contributed by atoms with Crippen LogP contribution in [0.3, 0.4) is 0 Å². The molecule has 29 heavy (non-hydrogen) atoms. The summed E-state index contributed by atoms with van der Waals surface area (Å²) in [6.45, 7) is 5.26. The molecule has 0 saturated carbocycles. The molecule has 4 rings (SSSR count). The zero-order chi connectivity index (χ0) is 20.5. The van der Waals surface area contributed by atoms with Crippen LogP contribution in [0.5, 0.6) is 0 Å². The summed E-state index contributed by atoms with van der Waals surface area (Å²) in [6, 6.07) is 8.10. The Labute approximate surface area is 174 Å². The lowest BCUT2D eigenvalue weighted by Gasteiger charge is -2.18. The van der Waals surface area contributed by atoms with Gasteiger partial charge in [-0.3, -0.25) is 9.69 Å². The number of nitrogens with zero attached hydrogens (tertiary/aromatic N) is 6. The number of rotatable bonds is 5. The molecule has 0 saturated heterocycles. The van der Waals surface area contributed by atoms with Crippen LogP contribution in [0, 0.1) is 19.7 Å². The van der Waals surface area contributed by atoms with Crippen LogP contribution in [0.25, 0.3) is 5.78 Å². The van der Waals surface area contributed by atoms with Crippen LogP contribution in [0.4, 0.5) is 15.2 Å². The van der Waals surface area contributed by atoms with Crippen LogP contribution < -0.4 is 4.90 Å². The van der Waals surface area contributed by atoms with Gasteiger partial charge in [0, 0.05) is 29.4 Å². The van der Waals surface area contributed by atoms with Crippen molar-refractivity contribution in [1.82, 2.24) is 24.6 Å². The lowest BCUT2D eigenvalue weighted by molar-refractivity contribution is -0.115. The van der Waals surface area contributed by atoms with E-state index in [4.69, 9.17) is 0 Å². The van der Waals surface area contributed by atoms with Crippen LogP contribution in [0.2, 0.25) is 0 Å². The number of amides is 1. The van der Waals surface area contributed by atoms with Crippen molar-refractivity contribution in [3.05, 3.63) is 58.6 Å². The van der Waals surface area contributed by atoms with Crippen molar-refractivity contribution in [2.24, 2.45) is 0 Å². The Morgan fingerprint density at radius 1 is 1.24 bits per heavy atom. The molecule has 0 fully saturated rings. The van der Waals surface area contributed by atoms with E-state index in [0.717, 1.165) is 17.1 Å². The minimum Gasteiger partial charge on any atom is -0.274 e. The van der Waals surface area contributed by atoms with Crippen molar-refractivity contribution >= 4 is 45.6 Å². The number of carbonyl (C=O) groups excluding carboxylic acids is 1. The molecule has 4 aromatic rings. The Bertz CT molecular complexity index is 1200. The largest absolute Gasteiger partial charge is 0.274 e. The van der Waals surface area contributed by atoms with Crippen LogP contribution >= 0.6 is 23.1 Å². The maximum atomic E-state index is 14.2. The fourth-order valence-electron chi connectivity index (χ4n) is 2.85. The molecular weight excluding hydrogens is 411 g/mol. The topological polar surface area (TPSA) is 76.3 Å². The monoisotopic (exact) mass is 428 g/mol. The third-order valence-electron chi connectivity index (χ3n) is 4.09. The highest BCUT2D eigenvalue weighted by atomic mass is 32.2. The number of aromatic nitrogens is 5. The second-order valence-corrected chi connectivity index (χ2v) is 8.14. The Morgan fingerprint density at radius 3 is 2.79 bits per heavy atom. The molecule has 0 aliphatic rings. The summed E-state index contributed by atoms with van der Waals surface area (Å²) < 4.78 is 15.9. The predicted molar refractivity (Wildman–Crippen MR) is 111 cm³/mol. The summed E-state index contributed by atoms with van der Waals surface area (Å²) >= 11 is 2.72.